The minimum absolute atomic E-state index is 0. The molecule has 0 amide bonds. The number of pyridine rings is 1. The van der Waals surface area contributed by atoms with E-state index < -0.39 is 0 Å². The summed E-state index contributed by atoms with van der Waals surface area (Å²) in [5, 5.41) is 2.30. The molecule has 0 saturated carbocycles. The first-order valence-electron chi connectivity index (χ1n) is 25.4. The van der Waals surface area contributed by atoms with Gasteiger partial charge in [-0.2, -0.15) is 0 Å². The molecule has 0 unspecified atom stereocenters. The fourth-order valence-electron chi connectivity index (χ4n) is 9.97. The van der Waals surface area contributed by atoms with Gasteiger partial charge in [-0.15, -0.1) is 53.8 Å². The van der Waals surface area contributed by atoms with Gasteiger partial charge < -0.3 is 19.1 Å². The number of hydrogen-bond donors (Lipinski definition) is 0. The monoisotopic (exact) mass is 1130 g/mol. The van der Waals surface area contributed by atoms with Crippen molar-refractivity contribution in [2.45, 2.75) is 138 Å². The Labute approximate surface area is 445 Å². The van der Waals surface area contributed by atoms with Gasteiger partial charge in [-0.1, -0.05) is 207 Å². The third-order valence-electron chi connectivity index (χ3n) is 14.7. The van der Waals surface area contributed by atoms with Crippen LogP contribution in [0.2, 0.25) is 0 Å². The first-order valence-corrected chi connectivity index (χ1v) is 25.4. The zero-order valence-corrected chi connectivity index (χ0v) is 47.7. The van der Waals surface area contributed by atoms with Crippen molar-refractivity contribution in [3.05, 3.63) is 209 Å². The Morgan fingerprint density at radius 3 is 1.62 bits per heavy atom. The molecule has 376 valence electrons. The van der Waals surface area contributed by atoms with Gasteiger partial charge >= 0.3 is 0 Å². The van der Waals surface area contributed by atoms with Gasteiger partial charge in [0.15, 0.2) is 0 Å². The smallest absolute Gasteiger partial charge is 0.135 e. The number of anilines is 2. The zero-order valence-electron chi connectivity index (χ0n) is 45.4. The minimum Gasteiger partial charge on any atom is -0.509 e. The molecule has 6 heteroatoms. The van der Waals surface area contributed by atoms with Gasteiger partial charge in [0.25, 0.3) is 0 Å². The number of para-hydroxylation sites is 1. The zero-order chi connectivity index (χ0) is 51.1. The molecule has 0 fully saturated rings. The van der Waals surface area contributed by atoms with Crippen molar-refractivity contribution in [3.63, 3.8) is 0 Å². The standard InChI is InChI=1S/C66H73N4O.Pt/c1-61(2,3)47-33-48(62(4,5)6)35-51(34-47)69-43-68(42-58(69)64(10,11)12)50-36-49(66(15,16)45-27-21-18-22-28-45)37-52(39-50)71-53-40-55(63(7,8)9)60-54-29-23-24-30-56(54)70(57(60)41-53)59-38-46(31-32-67-59)65(13,14)44-25-19-17-20-26-44;/h17-38,40,42-43H,1-16H3;/q-3;. The van der Waals surface area contributed by atoms with Gasteiger partial charge in [0.2, 0.25) is 0 Å². The molecule has 9 rings (SSSR count). The molecule has 5 nitrogen and oxygen atoms in total. The largest absolute Gasteiger partial charge is 0.509 e. The maximum absolute atomic E-state index is 7.21. The number of nitrogens with zero attached hydrogens (tertiary/aromatic N) is 4. The summed E-state index contributed by atoms with van der Waals surface area (Å²) in [6.07, 6.45) is 4.22. The Morgan fingerprint density at radius 2 is 1.06 bits per heavy atom. The van der Waals surface area contributed by atoms with E-state index in [9.17, 15) is 0 Å². The van der Waals surface area contributed by atoms with Crippen LogP contribution in [0.4, 0.5) is 11.4 Å². The maximum Gasteiger partial charge on any atom is 0.135 e. The van der Waals surface area contributed by atoms with Gasteiger partial charge in [-0.25, -0.2) is 4.98 Å². The third kappa shape index (κ3) is 10.1. The number of allylic oxidation sites excluding steroid dienone is 1. The van der Waals surface area contributed by atoms with Crippen LogP contribution in [0.25, 0.3) is 27.6 Å². The van der Waals surface area contributed by atoms with Crippen LogP contribution in [0.3, 0.4) is 0 Å². The van der Waals surface area contributed by atoms with Crippen LogP contribution in [0.5, 0.6) is 11.5 Å². The van der Waals surface area contributed by atoms with Crippen LogP contribution in [0.15, 0.2) is 152 Å². The molecule has 6 aromatic carbocycles. The second kappa shape index (κ2) is 18.9. The first-order chi connectivity index (χ1) is 33.2. The van der Waals surface area contributed by atoms with Crippen molar-refractivity contribution in [1.82, 2.24) is 9.55 Å². The van der Waals surface area contributed by atoms with Crippen molar-refractivity contribution in [2.24, 2.45) is 5.41 Å². The molecular weight excluding hydrogens is 1060 g/mol. The molecule has 0 atom stereocenters. The van der Waals surface area contributed by atoms with E-state index in [0.29, 0.717) is 11.5 Å². The Morgan fingerprint density at radius 1 is 0.500 bits per heavy atom. The fourth-order valence-corrected chi connectivity index (χ4v) is 9.97. The van der Waals surface area contributed by atoms with Gasteiger partial charge in [0.05, 0.1) is 0 Å². The number of fused-ring (bicyclic) bond motifs is 3. The summed E-state index contributed by atoms with van der Waals surface area (Å²) >= 11 is 0. The molecule has 2 aromatic heterocycles. The Balaban J connectivity index is 0.00000693. The quantitative estimate of drug-likeness (QED) is 0.135. The minimum atomic E-state index is -0.372. The molecule has 0 bridgehead atoms. The predicted octanol–water partition coefficient (Wildman–Crippen LogP) is 17.4. The van der Waals surface area contributed by atoms with Gasteiger partial charge in [0.1, 0.15) is 5.82 Å². The van der Waals surface area contributed by atoms with Gasteiger partial charge in [0, 0.05) is 66.5 Å². The summed E-state index contributed by atoms with van der Waals surface area (Å²) < 4.78 is 9.48. The molecule has 0 N–H and O–H groups in total. The second-order valence-electron chi connectivity index (χ2n) is 24.9. The Hall–Kier alpha value is -5.90. The molecule has 1 aliphatic heterocycles. The van der Waals surface area contributed by atoms with Crippen molar-refractivity contribution in [2.75, 3.05) is 9.80 Å². The number of aromatic nitrogens is 2. The van der Waals surface area contributed by atoms with Crippen molar-refractivity contribution in [3.8, 4) is 17.3 Å². The molecule has 0 spiro atoms. The molecule has 0 saturated heterocycles. The number of rotatable bonds is 9. The number of benzene rings is 6. The average molecular weight is 1130 g/mol. The molecule has 72 heavy (non-hydrogen) atoms. The molecule has 3 heterocycles. The molecule has 0 radical (unpaired) electrons. The second-order valence-corrected chi connectivity index (χ2v) is 24.9. The van der Waals surface area contributed by atoms with E-state index in [0.717, 1.165) is 44.6 Å². The van der Waals surface area contributed by atoms with Gasteiger partial charge in [-0.3, -0.25) is 0 Å². The van der Waals surface area contributed by atoms with Gasteiger partial charge in [-0.05, 0) is 91.4 Å². The van der Waals surface area contributed by atoms with E-state index in [1.807, 2.05) is 6.20 Å². The summed E-state index contributed by atoms with van der Waals surface area (Å²) in [7, 11) is 0. The Bertz CT molecular complexity index is 3260. The van der Waals surface area contributed by atoms with E-state index in [1.54, 1.807) is 0 Å². The summed E-state index contributed by atoms with van der Waals surface area (Å²) in [6, 6.07) is 55.9. The predicted molar refractivity (Wildman–Crippen MR) is 299 cm³/mol. The van der Waals surface area contributed by atoms with Crippen LogP contribution in [-0.4, -0.2) is 9.55 Å². The van der Waals surface area contributed by atoms with Crippen molar-refractivity contribution >= 4 is 33.2 Å². The SMILES string of the molecule is CC(C)(C)C1=CN(c2[c-]c(Oc3[c-]c4c(c(C(C)(C)C)c3)c3ccccc3n4-c3cc(C(C)(C)c4ccccc4)ccn3)cc(C(C)(C)c3ccccc3)c2)[CH-]N1c1cc(C(C)(C)C)cc(C(C)(C)C)c1.[Pt]. The summed E-state index contributed by atoms with van der Waals surface area (Å²) in [6.45, 7) is 38.9. The van der Waals surface area contributed by atoms with Crippen LogP contribution in [0, 0.1) is 24.2 Å². The van der Waals surface area contributed by atoms with Crippen LogP contribution in [-0.2, 0) is 48.1 Å². The summed E-state index contributed by atoms with van der Waals surface area (Å²) in [4.78, 5) is 9.70. The van der Waals surface area contributed by atoms with Crippen LogP contribution >= 0.6 is 0 Å². The van der Waals surface area contributed by atoms with E-state index in [-0.39, 0.29) is 53.6 Å². The van der Waals surface area contributed by atoms with Crippen LogP contribution < -0.4 is 14.5 Å². The topological polar surface area (TPSA) is 33.5 Å². The Kier molecular flexibility index (Phi) is 13.7. The normalized spacial score (nSPS) is 14.0. The first kappa shape index (κ1) is 52.4. The third-order valence-corrected chi connectivity index (χ3v) is 14.7. The molecular formula is C66H73N4OPt-3. The van der Waals surface area contributed by atoms with E-state index >= 15 is 0 Å². The van der Waals surface area contributed by atoms with E-state index in [1.165, 1.54) is 39.1 Å². The molecule has 8 aromatic rings. The molecule has 1 aliphatic rings. The van der Waals surface area contributed by atoms with Crippen molar-refractivity contribution in [1.29, 1.82) is 0 Å². The maximum atomic E-state index is 7.21. The van der Waals surface area contributed by atoms with E-state index in [4.69, 9.17) is 9.72 Å². The summed E-state index contributed by atoms with van der Waals surface area (Å²) in [5.41, 5.74) is 12.7. The summed E-state index contributed by atoms with van der Waals surface area (Å²) in [5.74, 6) is 2.08. The number of hydrogen-bond acceptors (Lipinski definition) is 4. The number of ether oxygens (including phenoxy) is 1. The average Bonchev–Trinajstić information content (AvgIpc) is 3.92. The fraction of sp³-hybridized carbons (Fsp3) is 0.333. The van der Waals surface area contributed by atoms with E-state index in [2.05, 4.69) is 284 Å². The van der Waals surface area contributed by atoms with Crippen molar-refractivity contribution < 1.29 is 25.8 Å². The van der Waals surface area contributed by atoms with Crippen LogP contribution in [0.1, 0.15) is 150 Å². The molecule has 0 aliphatic carbocycles.